The quantitative estimate of drug-likeness (QED) is 0.874. The lowest BCUT2D eigenvalue weighted by Crippen LogP contribution is -2.05. The number of phenols is 1. The zero-order valence-corrected chi connectivity index (χ0v) is 10.8. The van der Waals surface area contributed by atoms with Crippen molar-refractivity contribution in [2.75, 3.05) is 7.05 Å². The van der Waals surface area contributed by atoms with Gasteiger partial charge in [-0.3, -0.25) is 0 Å². The molecule has 0 saturated heterocycles. The second-order valence-corrected chi connectivity index (χ2v) is 4.91. The number of hydrogen-bond donors (Lipinski definition) is 2. The molecule has 1 aromatic carbocycles. The molecule has 0 aliphatic carbocycles. The number of aryl methyl sites for hydroxylation is 1. The Morgan fingerprint density at radius 1 is 1.41 bits per heavy atom. The van der Waals surface area contributed by atoms with Gasteiger partial charge in [-0.15, -0.1) is 11.3 Å². The SMILES string of the molecule is CCc1nc(-c2cccc(O)c2)sc1CNC. The maximum absolute atomic E-state index is 9.48. The van der Waals surface area contributed by atoms with E-state index in [2.05, 4.69) is 17.2 Å². The van der Waals surface area contributed by atoms with Crippen LogP contribution in [0.1, 0.15) is 17.5 Å². The first-order valence-electron chi connectivity index (χ1n) is 5.67. The van der Waals surface area contributed by atoms with Crippen molar-refractivity contribution in [1.29, 1.82) is 0 Å². The molecule has 2 aromatic rings. The Balaban J connectivity index is 2.39. The largest absolute Gasteiger partial charge is 0.508 e. The van der Waals surface area contributed by atoms with Crippen LogP contribution < -0.4 is 5.32 Å². The van der Waals surface area contributed by atoms with Crippen LogP contribution in [0.25, 0.3) is 10.6 Å². The van der Waals surface area contributed by atoms with Gasteiger partial charge in [0.15, 0.2) is 0 Å². The van der Waals surface area contributed by atoms with Crippen LogP contribution in [-0.2, 0) is 13.0 Å². The Labute approximate surface area is 105 Å². The molecule has 0 atom stereocenters. The van der Waals surface area contributed by atoms with E-state index in [1.54, 1.807) is 23.5 Å². The molecule has 0 aliphatic heterocycles. The minimum Gasteiger partial charge on any atom is -0.508 e. The van der Waals surface area contributed by atoms with Crippen molar-refractivity contribution in [2.24, 2.45) is 0 Å². The van der Waals surface area contributed by atoms with E-state index in [1.807, 2.05) is 19.2 Å². The number of nitrogens with one attached hydrogen (secondary N) is 1. The standard InChI is InChI=1S/C13H16N2OS/c1-3-11-12(8-14-2)17-13(15-11)9-5-4-6-10(16)7-9/h4-7,14,16H,3,8H2,1-2H3. The normalized spacial score (nSPS) is 10.7. The van der Waals surface area contributed by atoms with Gasteiger partial charge in [-0.05, 0) is 25.6 Å². The Kier molecular flexibility index (Phi) is 3.76. The van der Waals surface area contributed by atoms with E-state index in [1.165, 1.54) is 4.88 Å². The molecule has 4 heteroatoms. The van der Waals surface area contributed by atoms with Gasteiger partial charge in [0.25, 0.3) is 0 Å². The molecule has 2 N–H and O–H groups in total. The summed E-state index contributed by atoms with van der Waals surface area (Å²) < 4.78 is 0. The second-order valence-electron chi connectivity index (χ2n) is 3.82. The third-order valence-corrected chi connectivity index (χ3v) is 3.69. The van der Waals surface area contributed by atoms with E-state index in [-0.39, 0.29) is 5.75 Å². The Morgan fingerprint density at radius 3 is 2.88 bits per heavy atom. The molecule has 0 radical (unpaired) electrons. The monoisotopic (exact) mass is 248 g/mol. The molecular weight excluding hydrogens is 232 g/mol. The zero-order chi connectivity index (χ0) is 12.3. The summed E-state index contributed by atoms with van der Waals surface area (Å²) in [6.45, 7) is 2.96. The molecule has 17 heavy (non-hydrogen) atoms. The summed E-state index contributed by atoms with van der Waals surface area (Å²) in [5.41, 5.74) is 2.12. The molecule has 0 amide bonds. The number of nitrogens with zero attached hydrogens (tertiary/aromatic N) is 1. The fourth-order valence-corrected chi connectivity index (χ4v) is 2.88. The highest BCUT2D eigenvalue weighted by atomic mass is 32.1. The topological polar surface area (TPSA) is 45.2 Å². The zero-order valence-electron chi connectivity index (χ0n) is 10.0. The van der Waals surface area contributed by atoms with Gasteiger partial charge < -0.3 is 10.4 Å². The number of phenolic OH excluding ortho intramolecular Hbond substituents is 1. The molecule has 3 nitrogen and oxygen atoms in total. The van der Waals surface area contributed by atoms with Crippen LogP contribution in [0.3, 0.4) is 0 Å². The maximum atomic E-state index is 9.48. The molecule has 0 fully saturated rings. The summed E-state index contributed by atoms with van der Waals surface area (Å²) >= 11 is 1.69. The lowest BCUT2D eigenvalue weighted by atomic mass is 10.2. The van der Waals surface area contributed by atoms with E-state index in [4.69, 9.17) is 0 Å². The van der Waals surface area contributed by atoms with E-state index in [0.29, 0.717) is 0 Å². The lowest BCUT2D eigenvalue weighted by molar-refractivity contribution is 0.475. The van der Waals surface area contributed by atoms with Gasteiger partial charge in [-0.2, -0.15) is 0 Å². The summed E-state index contributed by atoms with van der Waals surface area (Å²) in [6, 6.07) is 7.24. The predicted octanol–water partition coefficient (Wildman–Crippen LogP) is 2.80. The van der Waals surface area contributed by atoms with Crippen molar-refractivity contribution in [3.8, 4) is 16.3 Å². The van der Waals surface area contributed by atoms with Gasteiger partial charge >= 0.3 is 0 Å². The van der Waals surface area contributed by atoms with Gasteiger partial charge in [-0.1, -0.05) is 19.1 Å². The van der Waals surface area contributed by atoms with E-state index < -0.39 is 0 Å². The van der Waals surface area contributed by atoms with Crippen molar-refractivity contribution in [2.45, 2.75) is 19.9 Å². The van der Waals surface area contributed by atoms with Crippen LogP contribution in [0.4, 0.5) is 0 Å². The number of aromatic nitrogens is 1. The number of benzene rings is 1. The lowest BCUT2D eigenvalue weighted by Gasteiger charge is -1.96. The van der Waals surface area contributed by atoms with Gasteiger partial charge in [-0.25, -0.2) is 4.98 Å². The number of aromatic hydroxyl groups is 1. The third-order valence-electron chi connectivity index (χ3n) is 2.54. The van der Waals surface area contributed by atoms with E-state index >= 15 is 0 Å². The Hall–Kier alpha value is -1.39. The summed E-state index contributed by atoms with van der Waals surface area (Å²) in [7, 11) is 1.94. The number of hydrogen-bond acceptors (Lipinski definition) is 4. The van der Waals surface area contributed by atoms with Crippen LogP contribution in [-0.4, -0.2) is 17.1 Å². The molecule has 0 bridgehead atoms. The van der Waals surface area contributed by atoms with Crippen LogP contribution in [0.5, 0.6) is 5.75 Å². The highest BCUT2D eigenvalue weighted by Crippen LogP contribution is 2.30. The molecule has 0 saturated carbocycles. The van der Waals surface area contributed by atoms with Gasteiger partial charge in [0.2, 0.25) is 0 Å². The summed E-state index contributed by atoms with van der Waals surface area (Å²) in [6.07, 6.45) is 0.937. The van der Waals surface area contributed by atoms with Gasteiger partial charge in [0.05, 0.1) is 5.69 Å². The van der Waals surface area contributed by atoms with Crippen molar-refractivity contribution in [3.05, 3.63) is 34.8 Å². The number of rotatable bonds is 4. The van der Waals surface area contributed by atoms with Crippen LogP contribution in [0, 0.1) is 0 Å². The molecule has 1 heterocycles. The van der Waals surface area contributed by atoms with Crippen LogP contribution >= 0.6 is 11.3 Å². The third kappa shape index (κ3) is 2.65. The first-order chi connectivity index (χ1) is 8.24. The fourth-order valence-electron chi connectivity index (χ4n) is 1.72. The maximum Gasteiger partial charge on any atom is 0.124 e. The molecule has 2 rings (SSSR count). The minimum absolute atomic E-state index is 0.283. The molecule has 0 spiro atoms. The van der Waals surface area contributed by atoms with Gasteiger partial charge in [0.1, 0.15) is 10.8 Å². The summed E-state index contributed by atoms with van der Waals surface area (Å²) in [4.78, 5) is 5.90. The fraction of sp³-hybridized carbons (Fsp3) is 0.308. The molecular formula is C13H16N2OS. The van der Waals surface area contributed by atoms with E-state index in [9.17, 15) is 5.11 Å². The minimum atomic E-state index is 0.283. The Morgan fingerprint density at radius 2 is 2.24 bits per heavy atom. The molecule has 0 aliphatic rings. The van der Waals surface area contributed by atoms with Gasteiger partial charge in [0, 0.05) is 17.0 Å². The molecule has 0 unspecified atom stereocenters. The predicted molar refractivity (Wildman–Crippen MR) is 71.4 cm³/mol. The smallest absolute Gasteiger partial charge is 0.124 e. The van der Waals surface area contributed by atoms with Crippen molar-refractivity contribution < 1.29 is 5.11 Å². The van der Waals surface area contributed by atoms with Crippen LogP contribution in [0.15, 0.2) is 24.3 Å². The first-order valence-corrected chi connectivity index (χ1v) is 6.48. The first kappa shape index (κ1) is 12.1. The van der Waals surface area contributed by atoms with E-state index in [0.717, 1.165) is 29.2 Å². The molecule has 1 aromatic heterocycles. The Bertz CT molecular complexity index is 508. The average Bonchev–Trinajstić information content (AvgIpc) is 2.73. The van der Waals surface area contributed by atoms with Crippen molar-refractivity contribution >= 4 is 11.3 Å². The van der Waals surface area contributed by atoms with Crippen LogP contribution in [0.2, 0.25) is 0 Å². The highest BCUT2D eigenvalue weighted by molar-refractivity contribution is 7.15. The van der Waals surface area contributed by atoms with Crippen molar-refractivity contribution in [3.63, 3.8) is 0 Å². The number of thiazole rings is 1. The average molecular weight is 248 g/mol. The summed E-state index contributed by atoms with van der Waals surface area (Å²) in [5, 5.41) is 13.6. The second kappa shape index (κ2) is 5.29. The highest BCUT2D eigenvalue weighted by Gasteiger charge is 2.10. The summed E-state index contributed by atoms with van der Waals surface area (Å²) in [5.74, 6) is 0.283. The van der Waals surface area contributed by atoms with Crippen molar-refractivity contribution in [1.82, 2.24) is 10.3 Å². The molecule has 90 valence electrons.